The summed E-state index contributed by atoms with van der Waals surface area (Å²) in [5.41, 5.74) is 2.29. The van der Waals surface area contributed by atoms with Gasteiger partial charge in [-0.05, 0) is 49.1 Å². The molecule has 1 aromatic carbocycles. The van der Waals surface area contributed by atoms with Crippen LogP contribution in [0.5, 0.6) is 11.5 Å². The van der Waals surface area contributed by atoms with Gasteiger partial charge in [0.1, 0.15) is 11.5 Å². The maximum absolute atomic E-state index is 9.16. The van der Waals surface area contributed by atoms with Crippen molar-refractivity contribution < 1.29 is 9.84 Å². The Labute approximate surface area is 132 Å². The zero-order valence-electron chi connectivity index (χ0n) is 13.4. The van der Waals surface area contributed by atoms with Gasteiger partial charge in [0, 0.05) is 25.4 Å². The molecule has 2 rings (SSSR count). The van der Waals surface area contributed by atoms with Gasteiger partial charge in [-0.3, -0.25) is 4.98 Å². The molecule has 2 unspecified atom stereocenters. The number of ether oxygens (including phenoxy) is 1. The summed E-state index contributed by atoms with van der Waals surface area (Å²) in [7, 11) is 0. The van der Waals surface area contributed by atoms with E-state index in [1.54, 1.807) is 12.4 Å². The first-order valence-electron chi connectivity index (χ1n) is 7.61. The third-order valence-corrected chi connectivity index (χ3v) is 3.87. The third-order valence-electron chi connectivity index (χ3n) is 3.87. The Kier molecular flexibility index (Phi) is 5.92. The lowest BCUT2D eigenvalue weighted by Crippen LogP contribution is -2.33. The van der Waals surface area contributed by atoms with Crippen molar-refractivity contribution in [2.24, 2.45) is 5.92 Å². The minimum absolute atomic E-state index is 0.199. The SMILES string of the molecule is Cc1cc(CNC(C)C(C)CO)ccc1Oc1cccnc1. The second-order valence-electron chi connectivity index (χ2n) is 5.72. The summed E-state index contributed by atoms with van der Waals surface area (Å²) < 4.78 is 5.83. The van der Waals surface area contributed by atoms with Crippen LogP contribution in [0.1, 0.15) is 25.0 Å². The van der Waals surface area contributed by atoms with Crippen LogP contribution in [0.2, 0.25) is 0 Å². The number of aromatic nitrogens is 1. The molecule has 1 aromatic heterocycles. The molecule has 2 atom stereocenters. The highest BCUT2D eigenvalue weighted by atomic mass is 16.5. The standard InChI is InChI=1S/C18H24N2O2/c1-13-9-16(10-20-15(3)14(2)12-21)6-7-18(13)22-17-5-4-8-19-11-17/h4-9,11,14-15,20-21H,10,12H2,1-3H3. The van der Waals surface area contributed by atoms with Crippen molar-refractivity contribution in [2.45, 2.75) is 33.4 Å². The molecule has 2 aromatic rings. The molecule has 0 aliphatic heterocycles. The summed E-state index contributed by atoms with van der Waals surface area (Å²) in [6, 6.07) is 10.2. The van der Waals surface area contributed by atoms with Crippen LogP contribution in [0.3, 0.4) is 0 Å². The molecule has 22 heavy (non-hydrogen) atoms. The first-order chi connectivity index (χ1) is 10.6. The zero-order chi connectivity index (χ0) is 15.9. The lowest BCUT2D eigenvalue weighted by Gasteiger charge is -2.19. The summed E-state index contributed by atoms with van der Waals surface area (Å²) in [6.45, 7) is 7.14. The Balaban J connectivity index is 1.97. The third kappa shape index (κ3) is 4.55. The van der Waals surface area contributed by atoms with E-state index in [9.17, 15) is 0 Å². The fourth-order valence-electron chi connectivity index (χ4n) is 2.11. The Hall–Kier alpha value is -1.91. The molecule has 1 heterocycles. The van der Waals surface area contributed by atoms with Crippen molar-refractivity contribution in [1.82, 2.24) is 10.3 Å². The van der Waals surface area contributed by atoms with Crippen LogP contribution in [0, 0.1) is 12.8 Å². The molecule has 0 bridgehead atoms. The van der Waals surface area contributed by atoms with Crippen LogP contribution < -0.4 is 10.1 Å². The van der Waals surface area contributed by atoms with Crippen molar-refractivity contribution in [3.63, 3.8) is 0 Å². The van der Waals surface area contributed by atoms with Gasteiger partial charge in [0.05, 0.1) is 6.20 Å². The largest absolute Gasteiger partial charge is 0.455 e. The maximum Gasteiger partial charge on any atom is 0.145 e. The lowest BCUT2D eigenvalue weighted by atomic mass is 10.0. The summed E-state index contributed by atoms with van der Waals surface area (Å²) in [5, 5.41) is 12.6. The van der Waals surface area contributed by atoms with Crippen LogP contribution in [-0.4, -0.2) is 22.7 Å². The van der Waals surface area contributed by atoms with E-state index in [1.807, 2.05) is 32.0 Å². The van der Waals surface area contributed by atoms with Gasteiger partial charge in [-0.2, -0.15) is 0 Å². The minimum Gasteiger partial charge on any atom is -0.455 e. The van der Waals surface area contributed by atoms with Crippen LogP contribution in [0.15, 0.2) is 42.7 Å². The van der Waals surface area contributed by atoms with Gasteiger partial charge in [-0.25, -0.2) is 0 Å². The smallest absolute Gasteiger partial charge is 0.145 e. The highest BCUT2D eigenvalue weighted by Gasteiger charge is 2.10. The molecule has 0 aliphatic rings. The van der Waals surface area contributed by atoms with Gasteiger partial charge < -0.3 is 15.2 Å². The van der Waals surface area contributed by atoms with Crippen molar-refractivity contribution in [3.05, 3.63) is 53.9 Å². The van der Waals surface area contributed by atoms with E-state index in [2.05, 4.69) is 29.4 Å². The molecule has 0 aliphatic carbocycles. The highest BCUT2D eigenvalue weighted by molar-refractivity contribution is 5.39. The summed E-state index contributed by atoms with van der Waals surface area (Å²) in [4.78, 5) is 4.05. The number of aliphatic hydroxyl groups is 1. The molecule has 0 saturated carbocycles. The second-order valence-corrected chi connectivity index (χ2v) is 5.72. The molecular weight excluding hydrogens is 276 g/mol. The Bertz CT molecular complexity index is 587. The van der Waals surface area contributed by atoms with Crippen LogP contribution >= 0.6 is 0 Å². The van der Waals surface area contributed by atoms with Gasteiger partial charge in [0.25, 0.3) is 0 Å². The average Bonchev–Trinajstić information content (AvgIpc) is 2.55. The zero-order valence-corrected chi connectivity index (χ0v) is 13.4. The summed E-state index contributed by atoms with van der Waals surface area (Å²) in [5.74, 6) is 1.82. The number of benzene rings is 1. The Morgan fingerprint density at radius 1 is 1.27 bits per heavy atom. The van der Waals surface area contributed by atoms with Gasteiger partial charge in [0.2, 0.25) is 0 Å². The number of hydrogen-bond donors (Lipinski definition) is 2. The summed E-state index contributed by atoms with van der Waals surface area (Å²) in [6.07, 6.45) is 3.43. The quantitative estimate of drug-likeness (QED) is 0.824. The second kappa shape index (κ2) is 7.92. The number of aliphatic hydroxyl groups excluding tert-OH is 1. The van der Waals surface area contributed by atoms with E-state index < -0.39 is 0 Å². The van der Waals surface area contributed by atoms with Gasteiger partial charge >= 0.3 is 0 Å². The van der Waals surface area contributed by atoms with Gasteiger partial charge in [-0.1, -0.05) is 19.1 Å². The minimum atomic E-state index is 0.199. The lowest BCUT2D eigenvalue weighted by molar-refractivity contribution is 0.207. The Morgan fingerprint density at radius 3 is 2.73 bits per heavy atom. The number of nitrogens with zero attached hydrogens (tertiary/aromatic N) is 1. The molecule has 0 radical (unpaired) electrons. The van der Waals surface area contributed by atoms with E-state index in [1.165, 1.54) is 5.56 Å². The number of nitrogens with one attached hydrogen (secondary N) is 1. The topological polar surface area (TPSA) is 54.4 Å². The average molecular weight is 300 g/mol. The fourth-order valence-corrected chi connectivity index (χ4v) is 2.11. The Morgan fingerprint density at radius 2 is 2.09 bits per heavy atom. The predicted molar refractivity (Wildman–Crippen MR) is 88.0 cm³/mol. The number of hydrogen-bond acceptors (Lipinski definition) is 4. The highest BCUT2D eigenvalue weighted by Crippen LogP contribution is 2.25. The summed E-state index contributed by atoms with van der Waals surface area (Å²) >= 11 is 0. The van der Waals surface area contributed by atoms with Crippen LogP contribution in [-0.2, 0) is 6.54 Å². The molecule has 0 spiro atoms. The monoisotopic (exact) mass is 300 g/mol. The van der Waals surface area contributed by atoms with Crippen LogP contribution in [0.25, 0.3) is 0 Å². The first-order valence-corrected chi connectivity index (χ1v) is 7.61. The molecule has 0 saturated heterocycles. The molecule has 4 nitrogen and oxygen atoms in total. The number of rotatable bonds is 7. The first kappa shape index (κ1) is 16.5. The van der Waals surface area contributed by atoms with E-state index in [0.717, 1.165) is 23.6 Å². The van der Waals surface area contributed by atoms with Gasteiger partial charge in [0.15, 0.2) is 0 Å². The van der Waals surface area contributed by atoms with Crippen LogP contribution in [0.4, 0.5) is 0 Å². The molecule has 118 valence electrons. The number of pyridine rings is 1. The van der Waals surface area contributed by atoms with Crippen molar-refractivity contribution in [1.29, 1.82) is 0 Å². The molecule has 2 N–H and O–H groups in total. The molecule has 0 amide bonds. The van der Waals surface area contributed by atoms with E-state index >= 15 is 0 Å². The molecule has 4 heteroatoms. The normalized spacial score (nSPS) is 13.6. The fraction of sp³-hybridized carbons (Fsp3) is 0.389. The predicted octanol–water partition coefficient (Wildman–Crippen LogP) is 3.29. The molecule has 0 fully saturated rings. The maximum atomic E-state index is 9.16. The van der Waals surface area contributed by atoms with Gasteiger partial charge in [-0.15, -0.1) is 0 Å². The van der Waals surface area contributed by atoms with Crippen molar-refractivity contribution in [3.8, 4) is 11.5 Å². The van der Waals surface area contributed by atoms with E-state index in [4.69, 9.17) is 9.84 Å². The van der Waals surface area contributed by atoms with E-state index in [0.29, 0.717) is 0 Å². The van der Waals surface area contributed by atoms with Crippen molar-refractivity contribution >= 4 is 0 Å². The van der Waals surface area contributed by atoms with Crippen molar-refractivity contribution in [2.75, 3.05) is 6.61 Å². The van der Waals surface area contributed by atoms with E-state index in [-0.39, 0.29) is 18.6 Å². The molecular formula is C18H24N2O2. The number of aryl methyl sites for hydroxylation is 1.